The van der Waals surface area contributed by atoms with Crippen molar-refractivity contribution in [3.8, 4) is 12.3 Å². The molecule has 1 aromatic rings. The van der Waals surface area contributed by atoms with Gasteiger partial charge in [-0.05, 0) is 18.2 Å². The van der Waals surface area contributed by atoms with Gasteiger partial charge in [0.05, 0.1) is 6.61 Å². The van der Waals surface area contributed by atoms with Crippen molar-refractivity contribution in [3.05, 3.63) is 28.8 Å². The number of fused-ring (bicyclic) bond motifs is 1. The van der Waals surface area contributed by atoms with Crippen LogP contribution in [0.25, 0.3) is 0 Å². The largest absolute Gasteiger partial charge is 0.359 e. The molecule has 5 nitrogen and oxygen atoms in total. The number of carbonyl (C=O) groups is 1. The zero-order valence-electron chi connectivity index (χ0n) is 10.3. The van der Waals surface area contributed by atoms with Crippen LogP contribution in [0.2, 0.25) is 5.02 Å². The summed E-state index contributed by atoms with van der Waals surface area (Å²) in [7, 11) is 1.51. The highest BCUT2D eigenvalue weighted by atomic mass is 35.5. The van der Waals surface area contributed by atoms with E-state index in [1.165, 1.54) is 7.11 Å². The number of methoxy groups -OCH3 is 1. The third kappa shape index (κ3) is 2.66. The van der Waals surface area contributed by atoms with Crippen LogP contribution in [-0.4, -0.2) is 26.5 Å². The number of benzene rings is 1. The predicted octanol–water partition coefficient (Wildman–Crippen LogP) is 1.92. The molecule has 1 atom stereocenters. The maximum absolute atomic E-state index is 11.7. The molecule has 0 aliphatic carbocycles. The Kier molecular flexibility index (Phi) is 3.96. The van der Waals surface area contributed by atoms with Crippen LogP contribution < -0.4 is 10.6 Å². The van der Waals surface area contributed by atoms with Crippen molar-refractivity contribution < 1.29 is 14.3 Å². The molecule has 100 valence electrons. The Hall–Kier alpha value is -1.74. The van der Waals surface area contributed by atoms with E-state index in [9.17, 15) is 4.79 Å². The van der Waals surface area contributed by atoms with Crippen molar-refractivity contribution in [2.75, 3.05) is 25.8 Å². The molecule has 0 saturated heterocycles. The molecule has 0 aromatic heterocycles. The fraction of sp³-hybridized carbons (Fsp3) is 0.308. The number of urea groups is 1. The molecule has 0 bridgehead atoms. The van der Waals surface area contributed by atoms with Crippen LogP contribution in [0.5, 0.6) is 0 Å². The third-order valence-corrected chi connectivity index (χ3v) is 3.02. The summed E-state index contributed by atoms with van der Waals surface area (Å²) in [6.45, 7) is 0.181. The van der Waals surface area contributed by atoms with Gasteiger partial charge in [0.1, 0.15) is 6.79 Å². The Morgan fingerprint density at radius 1 is 1.53 bits per heavy atom. The van der Waals surface area contributed by atoms with Crippen molar-refractivity contribution >= 4 is 23.3 Å². The first kappa shape index (κ1) is 13.7. The van der Waals surface area contributed by atoms with Crippen LogP contribution in [0.1, 0.15) is 5.56 Å². The first-order valence-corrected chi connectivity index (χ1v) is 5.93. The van der Waals surface area contributed by atoms with Crippen molar-refractivity contribution in [2.45, 2.75) is 5.54 Å². The van der Waals surface area contributed by atoms with E-state index in [1.54, 1.807) is 18.2 Å². The Balaban J connectivity index is 2.41. The van der Waals surface area contributed by atoms with Crippen molar-refractivity contribution in [2.24, 2.45) is 0 Å². The van der Waals surface area contributed by atoms with E-state index in [1.807, 2.05) is 0 Å². The van der Waals surface area contributed by atoms with Crippen molar-refractivity contribution in [1.82, 2.24) is 5.32 Å². The number of carbonyl (C=O) groups excluding carboxylic acids is 1. The van der Waals surface area contributed by atoms with Gasteiger partial charge in [-0.3, -0.25) is 0 Å². The highest BCUT2D eigenvalue weighted by Crippen LogP contribution is 2.34. The highest BCUT2D eigenvalue weighted by molar-refractivity contribution is 6.30. The number of halogens is 1. The van der Waals surface area contributed by atoms with Gasteiger partial charge in [0.15, 0.2) is 5.54 Å². The van der Waals surface area contributed by atoms with Gasteiger partial charge in [0.25, 0.3) is 0 Å². The number of amides is 2. The van der Waals surface area contributed by atoms with Gasteiger partial charge in [-0.15, -0.1) is 6.42 Å². The minimum atomic E-state index is -1.05. The first-order valence-electron chi connectivity index (χ1n) is 5.55. The summed E-state index contributed by atoms with van der Waals surface area (Å²) >= 11 is 5.98. The number of hydrogen-bond donors (Lipinski definition) is 2. The molecular weight excluding hydrogens is 268 g/mol. The molecule has 2 rings (SSSR count). The second kappa shape index (κ2) is 5.49. The van der Waals surface area contributed by atoms with Gasteiger partial charge in [0.2, 0.25) is 0 Å². The van der Waals surface area contributed by atoms with Crippen LogP contribution in [0.15, 0.2) is 18.2 Å². The highest BCUT2D eigenvalue weighted by Gasteiger charge is 2.38. The maximum atomic E-state index is 11.7. The monoisotopic (exact) mass is 280 g/mol. The maximum Gasteiger partial charge on any atom is 0.320 e. The van der Waals surface area contributed by atoms with Crippen LogP contribution in [-0.2, 0) is 15.0 Å². The van der Waals surface area contributed by atoms with Gasteiger partial charge in [0, 0.05) is 23.4 Å². The number of terminal acetylenes is 1. The van der Waals surface area contributed by atoms with E-state index in [4.69, 9.17) is 27.5 Å². The molecular formula is C13H13ClN2O3. The normalized spacial score (nSPS) is 21.0. The summed E-state index contributed by atoms with van der Waals surface area (Å²) in [5, 5.41) is 5.90. The summed E-state index contributed by atoms with van der Waals surface area (Å²) in [5.74, 6) is 2.58. The Morgan fingerprint density at radius 3 is 3.00 bits per heavy atom. The van der Waals surface area contributed by atoms with E-state index < -0.39 is 5.54 Å². The molecule has 1 unspecified atom stereocenters. The molecule has 0 saturated carbocycles. The minimum absolute atomic E-state index is 0.0859. The first-order chi connectivity index (χ1) is 9.11. The van der Waals surface area contributed by atoms with E-state index in [2.05, 4.69) is 16.6 Å². The standard InChI is InChI=1S/C13H13ClN2O3/c1-3-13(7-19-8-18-2)10-6-9(14)4-5-11(10)15-12(17)16-13/h1,4-6H,7-8H2,2H3,(H2,15,16,17). The number of anilines is 1. The molecule has 1 heterocycles. The van der Waals surface area contributed by atoms with Gasteiger partial charge >= 0.3 is 6.03 Å². The lowest BCUT2D eigenvalue weighted by atomic mass is 9.88. The van der Waals surface area contributed by atoms with Crippen LogP contribution in [0.3, 0.4) is 0 Å². The zero-order valence-corrected chi connectivity index (χ0v) is 11.1. The number of rotatable bonds is 4. The molecule has 1 aliphatic heterocycles. The van der Waals surface area contributed by atoms with Crippen molar-refractivity contribution in [3.63, 3.8) is 0 Å². The molecule has 6 heteroatoms. The zero-order chi connectivity index (χ0) is 13.9. The number of ether oxygens (including phenoxy) is 2. The second-order valence-electron chi connectivity index (χ2n) is 4.07. The lowest BCUT2D eigenvalue weighted by Crippen LogP contribution is -2.53. The van der Waals surface area contributed by atoms with E-state index in [0.717, 1.165) is 0 Å². The smallest absolute Gasteiger partial charge is 0.320 e. The van der Waals surface area contributed by atoms with Gasteiger partial charge in [-0.25, -0.2) is 4.79 Å². The van der Waals surface area contributed by atoms with Crippen LogP contribution in [0.4, 0.5) is 10.5 Å². The fourth-order valence-corrected chi connectivity index (χ4v) is 2.11. The second-order valence-corrected chi connectivity index (χ2v) is 4.51. The van der Waals surface area contributed by atoms with Gasteiger partial charge in [-0.2, -0.15) is 0 Å². The molecule has 0 radical (unpaired) electrons. The number of nitrogens with one attached hydrogen (secondary N) is 2. The Morgan fingerprint density at radius 2 is 2.32 bits per heavy atom. The minimum Gasteiger partial charge on any atom is -0.359 e. The summed E-state index contributed by atoms with van der Waals surface area (Å²) < 4.78 is 10.1. The van der Waals surface area contributed by atoms with Crippen molar-refractivity contribution in [1.29, 1.82) is 0 Å². The number of hydrogen-bond acceptors (Lipinski definition) is 3. The van der Waals surface area contributed by atoms with Gasteiger partial charge in [-0.1, -0.05) is 17.5 Å². The molecule has 2 N–H and O–H groups in total. The molecule has 2 amide bonds. The lowest BCUT2D eigenvalue weighted by Gasteiger charge is -2.35. The third-order valence-electron chi connectivity index (χ3n) is 2.78. The topological polar surface area (TPSA) is 59.6 Å². The average molecular weight is 281 g/mol. The Labute approximate surface area is 116 Å². The van der Waals surface area contributed by atoms with Crippen LogP contribution in [0, 0.1) is 12.3 Å². The molecule has 1 aromatic carbocycles. The van der Waals surface area contributed by atoms with Gasteiger partial charge < -0.3 is 20.1 Å². The summed E-state index contributed by atoms with van der Waals surface area (Å²) in [6, 6.07) is 4.72. The van der Waals surface area contributed by atoms with E-state index in [-0.39, 0.29) is 19.4 Å². The van der Waals surface area contributed by atoms with E-state index in [0.29, 0.717) is 16.3 Å². The Bertz CT molecular complexity index is 541. The lowest BCUT2D eigenvalue weighted by molar-refractivity contribution is -0.0451. The predicted molar refractivity (Wildman–Crippen MR) is 71.9 cm³/mol. The molecule has 0 fully saturated rings. The quantitative estimate of drug-likeness (QED) is 0.503. The summed E-state index contributed by atoms with van der Waals surface area (Å²) in [5.41, 5.74) is 0.256. The van der Waals surface area contributed by atoms with E-state index >= 15 is 0 Å². The SMILES string of the molecule is C#CC1(COCOC)NC(=O)Nc2ccc(Cl)cc21. The summed E-state index contributed by atoms with van der Waals surface area (Å²) in [6.07, 6.45) is 5.59. The molecule has 19 heavy (non-hydrogen) atoms. The fourth-order valence-electron chi connectivity index (χ4n) is 1.94. The molecule has 1 aliphatic rings. The van der Waals surface area contributed by atoms with Crippen LogP contribution >= 0.6 is 11.6 Å². The molecule has 0 spiro atoms. The average Bonchev–Trinajstić information content (AvgIpc) is 2.39. The summed E-state index contributed by atoms with van der Waals surface area (Å²) in [4.78, 5) is 11.7.